The van der Waals surface area contributed by atoms with Crippen molar-refractivity contribution in [1.29, 1.82) is 0 Å². The molecule has 0 amide bonds. The van der Waals surface area contributed by atoms with Gasteiger partial charge in [-0.3, -0.25) is 0 Å². The third kappa shape index (κ3) is 5.44. The van der Waals surface area contributed by atoms with Gasteiger partial charge in [0.05, 0.1) is 8.07 Å². The van der Waals surface area contributed by atoms with Gasteiger partial charge in [-0.15, -0.1) is 23.2 Å². The summed E-state index contributed by atoms with van der Waals surface area (Å²) in [5.41, 5.74) is 1.16. The number of halogens is 2. The zero-order valence-corrected chi connectivity index (χ0v) is 11.1. The van der Waals surface area contributed by atoms with Crippen LogP contribution >= 0.6 is 23.2 Å². The van der Waals surface area contributed by atoms with Crippen LogP contribution in [0.1, 0.15) is 20.3 Å². The van der Waals surface area contributed by atoms with Crippen LogP contribution in [-0.4, -0.2) is 19.5 Å². The Labute approximate surface area is 87.6 Å². The number of hydrogen-bond donors (Lipinski definition) is 0. The van der Waals surface area contributed by atoms with E-state index in [2.05, 4.69) is 26.9 Å². The standard InChI is InChI=1S/C9H20Cl2Si/c1-9(2,7-10)5-6-12(3,4)8-11/h5-8H2,1-4H3. The molecule has 74 valence electrons. The Balaban J connectivity index is 3.82. The van der Waals surface area contributed by atoms with Crippen molar-refractivity contribution in [3.8, 4) is 0 Å². The van der Waals surface area contributed by atoms with Gasteiger partial charge in [0, 0.05) is 11.4 Å². The minimum Gasteiger partial charge on any atom is -0.130 e. The van der Waals surface area contributed by atoms with Crippen molar-refractivity contribution in [3.63, 3.8) is 0 Å². The van der Waals surface area contributed by atoms with Crippen LogP contribution in [0, 0.1) is 5.41 Å². The predicted octanol–water partition coefficient (Wildman–Crippen LogP) is 4.13. The second kappa shape index (κ2) is 4.87. The average Bonchev–Trinajstić information content (AvgIpc) is 2.02. The molecule has 0 aromatic heterocycles. The molecule has 0 N–H and O–H groups in total. The van der Waals surface area contributed by atoms with Crippen molar-refractivity contribution in [3.05, 3.63) is 0 Å². The van der Waals surface area contributed by atoms with Crippen molar-refractivity contribution < 1.29 is 0 Å². The molecule has 0 heterocycles. The Bertz CT molecular complexity index is 116. The third-order valence-corrected chi connectivity index (χ3v) is 7.42. The minimum atomic E-state index is -1.10. The lowest BCUT2D eigenvalue weighted by molar-refractivity contribution is 0.402. The lowest BCUT2D eigenvalue weighted by atomic mass is 9.93. The zero-order chi connectivity index (χ0) is 9.83. The molecule has 0 spiro atoms. The first-order valence-corrected chi connectivity index (χ1v) is 8.93. The maximum absolute atomic E-state index is 5.89. The van der Waals surface area contributed by atoms with Crippen LogP contribution in [0.5, 0.6) is 0 Å². The summed E-state index contributed by atoms with van der Waals surface area (Å²) in [6, 6.07) is 1.29. The molecule has 0 aromatic rings. The van der Waals surface area contributed by atoms with Crippen molar-refractivity contribution in [1.82, 2.24) is 0 Å². The summed E-state index contributed by atoms with van der Waals surface area (Å²) in [4.78, 5) is 0. The Morgan fingerprint density at radius 2 is 1.67 bits per heavy atom. The summed E-state index contributed by atoms with van der Waals surface area (Å²) >= 11 is 11.7. The summed E-state index contributed by atoms with van der Waals surface area (Å²) in [6.07, 6.45) is 1.21. The van der Waals surface area contributed by atoms with Crippen LogP contribution in [0.4, 0.5) is 0 Å². The molecule has 0 aliphatic rings. The molecule has 0 bridgehead atoms. The van der Waals surface area contributed by atoms with Gasteiger partial charge in [0.2, 0.25) is 0 Å². The van der Waals surface area contributed by atoms with E-state index in [1.54, 1.807) is 0 Å². The molecule has 0 aromatic carbocycles. The quantitative estimate of drug-likeness (QED) is 0.489. The summed E-state index contributed by atoms with van der Waals surface area (Å²) in [6.45, 7) is 9.12. The number of rotatable bonds is 5. The fourth-order valence-corrected chi connectivity index (χ4v) is 2.83. The molecule has 0 fully saturated rings. The second-order valence-electron chi connectivity index (χ2n) is 5.10. The molecule has 0 aliphatic heterocycles. The van der Waals surface area contributed by atoms with Gasteiger partial charge in [-0.25, -0.2) is 0 Å². The first-order chi connectivity index (χ1) is 5.33. The molecule has 0 radical (unpaired) electrons. The van der Waals surface area contributed by atoms with E-state index in [0.717, 1.165) is 11.4 Å². The monoisotopic (exact) mass is 226 g/mol. The highest BCUT2D eigenvalue weighted by Gasteiger charge is 2.24. The van der Waals surface area contributed by atoms with Crippen molar-refractivity contribution in [2.24, 2.45) is 5.41 Å². The van der Waals surface area contributed by atoms with Gasteiger partial charge in [-0.2, -0.15) is 0 Å². The molecule has 3 heteroatoms. The highest BCUT2D eigenvalue weighted by atomic mass is 35.5. The summed E-state index contributed by atoms with van der Waals surface area (Å²) in [5.74, 6) is 0.750. The van der Waals surface area contributed by atoms with E-state index in [-0.39, 0.29) is 5.41 Å². The van der Waals surface area contributed by atoms with E-state index >= 15 is 0 Å². The predicted molar refractivity (Wildman–Crippen MR) is 62.1 cm³/mol. The van der Waals surface area contributed by atoms with E-state index in [1.165, 1.54) is 12.5 Å². The maximum atomic E-state index is 5.89. The Hall–Kier alpha value is 0.797. The summed E-state index contributed by atoms with van der Waals surface area (Å²) in [5, 5.41) is 0. The second-order valence-corrected chi connectivity index (χ2v) is 11.3. The topological polar surface area (TPSA) is 0 Å². The Morgan fingerprint density at radius 3 is 2.00 bits per heavy atom. The molecular weight excluding hydrogens is 207 g/mol. The smallest absolute Gasteiger partial charge is 0.0640 e. The van der Waals surface area contributed by atoms with Gasteiger partial charge in [-0.1, -0.05) is 33.0 Å². The molecule has 0 saturated carbocycles. The van der Waals surface area contributed by atoms with E-state index < -0.39 is 8.07 Å². The molecule has 0 saturated heterocycles. The molecule has 0 atom stereocenters. The third-order valence-electron chi connectivity index (χ3n) is 2.20. The molecule has 0 unspecified atom stereocenters. The van der Waals surface area contributed by atoms with Crippen LogP contribution in [-0.2, 0) is 0 Å². The molecule has 12 heavy (non-hydrogen) atoms. The SMILES string of the molecule is CC(C)(CCl)CC[Si](C)(C)CCl. The molecular formula is C9H20Cl2Si. The first-order valence-electron chi connectivity index (χ1n) is 4.45. The highest BCUT2D eigenvalue weighted by molar-refractivity contribution is 6.83. The molecule has 0 nitrogen and oxygen atoms in total. The number of alkyl halides is 2. The minimum absolute atomic E-state index is 0.290. The van der Waals surface area contributed by atoms with Gasteiger partial charge < -0.3 is 0 Å². The van der Waals surface area contributed by atoms with Crippen molar-refractivity contribution in [2.45, 2.75) is 39.4 Å². The van der Waals surface area contributed by atoms with Gasteiger partial charge in [0.25, 0.3) is 0 Å². The summed E-state index contributed by atoms with van der Waals surface area (Å²) < 4.78 is 0. The van der Waals surface area contributed by atoms with E-state index in [9.17, 15) is 0 Å². The van der Waals surface area contributed by atoms with Gasteiger partial charge in [0.1, 0.15) is 0 Å². The molecule has 0 rings (SSSR count). The lowest BCUT2D eigenvalue weighted by Gasteiger charge is -2.26. The lowest BCUT2D eigenvalue weighted by Crippen LogP contribution is -2.30. The molecule has 0 aliphatic carbocycles. The van der Waals surface area contributed by atoms with E-state index in [1.807, 2.05) is 0 Å². The Morgan fingerprint density at radius 1 is 1.17 bits per heavy atom. The van der Waals surface area contributed by atoms with Crippen LogP contribution in [0.2, 0.25) is 19.1 Å². The van der Waals surface area contributed by atoms with Gasteiger partial charge >= 0.3 is 0 Å². The van der Waals surface area contributed by atoms with Gasteiger partial charge in [0.15, 0.2) is 0 Å². The largest absolute Gasteiger partial charge is 0.130 e. The fraction of sp³-hybridized carbons (Fsp3) is 1.00. The Kier molecular flexibility index (Phi) is 5.20. The van der Waals surface area contributed by atoms with Crippen molar-refractivity contribution in [2.75, 3.05) is 11.4 Å². The first kappa shape index (κ1) is 12.8. The normalized spacial score (nSPS) is 13.5. The average molecular weight is 227 g/mol. The zero-order valence-electron chi connectivity index (χ0n) is 8.58. The maximum Gasteiger partial charge on any atom is 0.0640 e. The van der Waals surface area contributed by atoms with Crippen LogP contribution in [0.15, 0.2) is 0 Å². The van der Waals surface area contributed by atoms with Gasteiger partial charge in [-0.05, 0) is 11.8 Å². The van der Waals surface area contributed by atoms with E-state index in [0.29, 0.717) is 0 Å². The van der Waals surface area contributed by atoms with E-state index in [4.69, 9.17) is 23.2 Å². The van der Waals surface area contributed by atoms with Crippen LogP contribution in [0.25, 0.3) is 0 Å². The number of hydrogen-bond acceptors (Lipinski definition) is 0. The van der Waals surface area contributed by atoms with Crippen LogP contribution < -0.4 is 0 Å². The fourth-order valence-electron chi connectivity index (χ4n) is 0.810. The van der Waals surface area contributed by atoms with Crippen LogP contribution in [0.3, 0.4) is 0 Å². The van der Waals surface area contributed by atoms with Crippen molar-refractivity contribution >= 4 is 31.3 Å². The highest BCUT2D eigenvalue weighted by Crippen LogP contribution is 2.28. The summed E-state index contributed by atoms with van der Waals surface area (Å²) in [7, 11) is -1.10.